The highest BCUT2D eigenvalue weighted by Gasteiger charge is 2.84. The van der Waals surface area contributed by atoms with E-state index in [1.165, 1.54) is 20.8 Å². The zero-order chi connectivity index (χ0) is 25.8. The van der Waals surface area contributed by atoms with Crippen molar-refractivity contribution in [3.63, 3.8) is 0 Å². The second kappa shape index (κ2) is 6.67. The van der Waals surface area contributed by atoms with Gasteiger partial charge in [-0.1, -0.05) is 26.0 Å². The van der Waals surface area contributed by atoms with Gasteiger partial charge in [-0.3, -0.25) is 24.0 Å². The molecular formula is C26H32O8. The fourth-order valence-electron chi connectivity index (χ4n) is 7.94. The summed E-state index contributed by atoms with van der Waals surface area (Å²) in [7, 11) is 1.10. The number of ether oxygens (including phenoxy) is 2. The quantitative estimate of drug-likeness (QED) is 0.351. The third kappa shape index (κ3) is 2.19. The maximum absolute atomic E-state index is 14.2. The normalized spacial score (nSPS) is 43.6. The molecule has 0 aromatic carbocycles. The maximum atomic E-state index is 14.2. The fraction of sp³-hybridized carbons (Fsp3) is 0.654. The van der Waals surface area contributed by atoms with Gasteiger partial charge in [0.1, 0.15) is 11.2 Å². The number of rotatable bonds is 1. The molecule has 8 heteroatoms. The molecular weight excluding hydrogens is 440 g/mol. The lowest BCUT2D eigenvalue weighted by molar-refractivity contribution is -0.224. The summed E-state index contributed by atoms with van der Waals surface area (Å²) in [6.07, 6.45) is -0.646. The molecule has 1 heterocycles. The van der Waals surface area contributed by atoms with Gasteiger partial charge in [-0.2, -0.15) is 0 Å². The Morgan fingerprint density at radius 3 is 2.26 bits per heavy atom. The van der Waals surface area contributed by atoms with Crippen LogP contribution in [-0.2, 0) is 33.4 Å². The number of hydrogen-bond acceptors (Lipinski definition) is 8. The van der Waals surface area contributed by atoms with Crippen molar-refractivity contribution in [1.29, 1.82) is 0 Å². The first-order valence-electron chi connectivity index (χ1n) is 11.6. The zero-order valence-corrected chi connectivity index (χ0v) is 20.8. The average Bonchev–Trinajstić information content (AvgIpc) is 2.76. The fourth-order valence-corrected chi connectivity index (χ4v) is 7.94. The predicted molar refractivity (Wildman–Crippen MR) is 119 cm³/mol. The lowest BCUT2D eigenvalue weighted by Crippen LogP contribution is -2.77. The van der Waals surface area contributed by atoms with E-state index in [0.29, 0.717) is 12.0 Å². The summed E-state index contributed by atoms with van der Waals surface area (Å²) in [6, 6.07) is 0. The van der Waals surface area contributed by atoms with E-state index in [2.05, 4.69) is 6.58 Å². The van der Waals surface area contributed by atoms with Crippen molar-refractivity contribution in [3.05, 3.63) is 23.5 Å². The van der Waals surface area contributed by atoms with Crippen LogP contribution in [0.2, 0.25) is 0 Å². The third-order valence-corrected chi connectivity index (χ3v) is 9.76. The number of aliphatic hydroxyl groups excluding tert-OH is 1. The molecule has 184 valence electrons. The van der Waals surface area contributed by atoms with Crippen LogP contribution in [0.5, 0.6) is 0 Å². The summed E-state index contributed by atoms with van der Waals surface area (Å²) in [6.45, 7) is 13.6. The topological polar surface area (TPSA) is 124 Å². The maximum Gasteiger partial charge on any atom is 0.322 e. The first-order chi connectivity index (χ1) is 15.5. The number of carbonyl (C=O) groups is 5. The molecule has 34 heavy (non-hydrogen) atoms. The molecule has 4 rings (SSSR count). The van der Waals surface area contributed by atoms with Crippen LogP contribution >= 0.6 is 0 Å². The minimum Gasteiger partial charge on any atom is -0.504 e. The number of aliphatic hydroxyl groups is 1. The summed E-state index contributed by atoms with van der Waals surface area (Å²) < 4.78 is 10.5. The van der Waals surface area contributed by atoms with Crippen molar-refractivity contribution in [2.24, 2.45) is 33.0 Å². The Kier molecular flexibility index (Phi) is 4.78. The van der Waals surface area contributed by atoms with Crippen molar-refractivity contribution < 1.29 is 38.6 Å². The number of ketones is 3. The van der Waals surface area contributed by atoms with Crippen molar-refractivity contribution in [2.45, 2.75) is 66.9 Å². The molecule has 8 nitrogen and oxygen atoms in total. The molecule has 1 N–H and O–H groups in total. The largest absolute Gasteiger partial charge is 0.504 e. The van der Waals surface area contributed by atoms with Gasteiger partial charge in [0.2, 0.25) is 5.78 Å². The number of esters is 2. The molecule has 3 fully saturated rings. The van der Waals surface area contributed by atoms with Gasteiger partial charge in [0.25, 0.3) is 0 Å². The van der Waals surface area contributed by atoms with Crippen molar-refractivity contribution in [2.75, 3.05) is 7.11 Å². The highest BCUT2D eigenvalue weighted by Crippen LogP contribution is 2.74. The van der Waals surface area contributed by atoms with Crippen molar-refractivity contribution >= 4 is 29.3 Å². The molecule has 0 spiro atoms. The van der Waals surface area contributed by atoms with E-state index in [0.717, 1.165) is 7.11 Å². The number of cyclic esters (lactones) is 1. The molecule has 6 atom stereocenters. The van der Waals surface area contributed by atoms with E-state index in [9.17, 15) is 29.1 Å². The van der Waals surface area contributed by atoms with E-state index >= 15 is 0 Å². The number of allylic oxidation sites excluding steroid dienone is 2. The zero-order valence-electron chi connectivity index (χ0n) is 20.8. The van der Waals surface area contributed by atoms with Crippen LogP contribution in [0.3, 0.4) is 0 Å². The molecule has 0 unspecified atom stereocenters. The first-order valence-corrected chi connectivity index (χ1v) is 11.6. The molecule has 0 radical (unpaired) electrons. The Morgan fingerprint density at radius 1 is 1.12 bits per heavy atom. The van der Waals surface area contributed by atoms with Gasteiger partial charge in [-0.25, -0.2) is 0 Å². The van der Waals surface area contributed by atoms with E-state index in [1.54, 1.807) is 13.8 Å². The lowest BCUT2D eigenvalue weighted by Gasteiger charge is -2.67. The average molecular weight is 473 g/mol. The molecule has 3 aliphatic carbocycles. The molecule has 0 aromatic rings. The highest BCUT2D eigenvalue weighted by molar-refractivity contribution is 6.20. The molecule has 1 aliphatic heterocycles. The lowest BCUT2D eigenvalue weighted by atomic mass is 9.32. The smallest absolute Gasteiger partial charge is 0.322 e. The molecule has 1 saturated heterocycles. The van der Waals surface area contributed by atoms with E-state index in [4.69, 9.17) is 9.47 Å². The van der Waals surface area contributed by atoms with Gasteiger partial charge in [0.05, 0.1) is 12.5 Å². The van der Waals surface area contributed by atoms with Gasteiger partial charge in [0, 0.05) is 11.8 Å². The van der Waals surface area contributed by atoms with E-state index in [1.807, 2.05) is 6.92 Å². The number of methoxy groups -OCH3 is 1. The molecule has 0 bridgehead atoms. The summed E-state index contributed by atoms with van der Waals surface area (Å²) >= 11 is 0. The minimum absolute atomic E-state index is 0.101. The van der Waals surface area contributed by atoms with Crippen LogP contribution < -0.4 is 0 Å². The molecule has 0 amide bonds. The van der Waals surface area contributed by atoms with Crippen LogP contribution in [0.1, 0.15) is 60.8 Å². The number of carbonyl (C=O) groups excluding carboxylic acids is 5. The highest BCUT2D eigenvalue weighted by atomic mass is 16.6. The van der Waals surface area contributed by atoms with Crippen molar-refractivity contribution in [1.82, 2.24) is 0 Å². The SMILES string of the molecule is C=C1C[C@@H]2[C@@]3(C)CCC(=O)C(C)(C)C3=C(O)C(=O)[C@@]2(C)[C@]2(C(=O)OC)C(=O)[C@H](C)OC(=O)[C@@]12C. The third-order valence-electron chi connectivity index (χ3n) is 9.76. The van der Waals surface area contributed by atoms with Crippen LogP contribution in [-0.4, -0.2) is 47.6 Å². The summed E-state index contributed by atoms with van der Waals surface area (Å²) in [5.74, 6) is -4.88. The number of Topliss-reactive ketones (excluding diaryl/α,β-unsaturated/α-hetero) is 3. The van der Waals surface area contributed by atoms with Gasteiger partial charge >= 0.3 is 11.9 Å². The van der Waals surface area contributed by atoms with Crippen LogP contribution in [0.4, 0.5) is 0 Å². The monoisotopic (exact) mass is 472 g/mol. The Bertz CT molecular complexity index is 1130. The summed E-state index contributed by atoms with van der Waals surface area (Å²) in [5, 5.41) is 11.4. The second-order valence-corrected chi connectivity index (χ2v) is 11.4. The van der Waals surface area contributed by atoms with Crippen LogP contribution in [0.25, 0.3) is 0 Å². The Hall–Kier alpha value is -2.77. The molecule has 0 aromatic heterocycles. The number of hydrogen-bond donors (Lipinski definition) is 1. The first kappa shape index (κ1) is 24.4. The van der Waals surface area contributed by atoms with E-state index in [-0.39, 0.29) is 24.2 Å². The molecule has 2 saturated carbocycles. The second-order valence-electron chi connectivity index (χ2n) is 11.4. The van der Waals surface area contributed by atoms with Gasteiger partial charge < -0.3 is 14.6 Å². The predicted octanol–water partition coefficient (Wildman–Crippen LogP) is 3.04. The number of fused-ring (bicyclic) bond motifs is 5. The summed E-state index contributed by atoms with van der Waals surface area (Å²) in [4.78, 5) is 68.2. The van der Waals surface area contributed by atoms with Crippen molar-refractivity contribution in [3.8, 4) is 0 Å². The van der Waals surface area contributed by atoms with Crippen LogP contribution in [0.15, 0.2) is 23.5 Å². The Balaban J connectivity index is 2.18. The van der Waals surface area contributed by atoms with Crippen LogP contribution in [0, 0.1) is 33.0 Å². The minimum atomic E-state index is -2.30. The Labute approximate surface area is 198 Å². The van der Waals surface area contributed by atoms with E-state index < -0.39 is 68.4 Å². The van der Waals surface area contributed by atoms with Gasteiger partial charge in [-0.15, -0.1) is 0 Å². The molecule has 4 aliphatic rings. The summed E-state index contributed by atoms with van der Waals surface area (Å²) in [5.41, 5.74) is -7.45. The standard InChI is InChI=1S/C26H32O8/c1-12-11-14-23(5)10-9-15(27)22(3,4)17(23)16(28)19(30)25(14,7)26(21(32)33-8)18(29)13(2)34-20(31)24(12,26)6/h13-14,28H,1,9-11H2,2-8H3/t13-,14+,23+,24+,25-,26-/m0/s1. The van der Waals surface area contributed by atoms with Gasteiger partial charge in [0.15, 0.2) is 23.1 Å². The van der Waals surface area contributed by atoms with Gasteiger partial charge in [-0.05, 0) is 57.4 Å². The Morgan fingerprint density at radius 2 is 1.71 bits per heavy atom.